The highest BCUT2D eigenvalue weighted by molar-refractivity contribution is 5.89. The molecule has 18 heavy (non-hydrogen) atoms. The maximum absolute atomic E-state index is 11.0. The Bertz CT molecular complexity index is 573. The van der Waals surface area contributed by atoms with E-state index in [0.717, 1.165) is 29.8 Å². The number of hydrogen-bond acceptors (Lipinski definition) is 2. The van der Waals surface area contributed by atoms with Gasteiger partial charge in [0.15, 0.2) is 0 Å². The molecule has 0 saturated heterocycles. The van der Waals surface area contributed by atoms with E-state index in [0.29, 0.717) is 5.56 Å². The second-order valence-electron chi connectivity index (χ2n) is 4.28. The Morgan fingerprint density at radius 3 is 2.89 bits per heavy atom. The minimum atomic E-state index is -0.907. The second kappa shape index (κ2) is 5.04. The fraction of sp³-hybridized carbons (Fsp3) is 0.286. The first kappa shape index (κ1) is 12.4. The molecule has 0 amide bonds. The maximum atomic E-state index is 11.0. The van der Waals surface area contributed by atoms with E-state index in [1.54, 1.807) is 18.2 Å². The second-order valence-corrected chi connectivity index (χ2v) is 4.28. The van der Waals surface area contributed by atoms with E-state index >= 15 is 0 Å². The number of hydrogen-bond donors (Lipinski definition) is 1. The summed E-state index contributed by atoms with van der Waals surface area (Å²) < 4.78 is 1.90. The number of aryl methyl sites for hydroxylation is 2. The Balaban J connectivity index is 2.41. The van der Waals surface area contributed by atoms with Gasteiger partial charge in [-0.15, -0.1) is 0 Å². The highest BCUT2D eigenvalue weighted by Gasteiger charge is 2.09. The van der Waals surface area contributed by atoms with E-state index in [-0.39, 0.29) is 0 Å². The van der Waals surface area contributed by atoms with Gasteiger partial charge in [0, 0.05) is 18.3 Å². The molecule has 0 unspecified atom stereocenters. The molecule has 0 spiro atoms. The van der Waals surface area contributed by atoms with Crippen LogP contribution < -0.4 is 0 Å². The molecule has 94 valence electrons. The van der Waals surface area contributed by atoms with Gasteiger partial charge in [-0.25, -0.2) is 4.79 Å². The lowest BCUT2D eigenvalue weighted by Crippen LogP contribution is -1.96. The van der Waals surface area contributed by atoms with Crippen molar-refractivity contribution in [1.29, 1.82) is 0 Å². The summed E-state index contributed by atoms with van der Waals surface area (Å²) in [6, 6.07) is 6.95. The molecule has 1 aromatic carbocycles. The Morgan fingerprint density at radius 2 is 2.22 bits per heavy atom. The molecule has 0 aliphatic heterocycles. The molecule has 1 N–H and O–H groups in total. The van der Waals surface area contributed by atoms with Crippen molar-refractivity contribution in [1.82, 2.24) is 9.78 Å². The average Bonchev–Trinajstić information content (AvgIpc) is 2.71. The first-order valence-electron chi connectivity index (χ1n) is 5.99. The molecule has 1 aromatic heterocycles. The molecule has 0 saturated carbocycles. The summed E-state index contributed by atoms with van der Waals surface area (Å²) in [5.41, 5.74) is 3.11. The minimum absolute atomic E-state index is 0.301. The Labute approximate surface area is 106 Å². The quantitative estimate of drug-likeness (QED) is 0.899. The zero-order valence-corrected chi connectivity index (χ0v) is 10.6. The third-order valence-corrected chi connectivity index (χ3v) is 2.82. The number of carboxylic acid groups (broad SMARTS) is 1. The van der Waals surface area contributed by atoms with Crippen LogP contribution in [0.15, 0.2) is 30.5 Å². The van der Waals surface area contributed by atoms with Crippen molar-refractivity contribution >= 4 is 5.97 Å². The maximum Gasteiger partial charge on any atom is 0.335 e. The van der Waals surface area contributed by atoms with Crippen LogP contribution in [0, 0.1) is 6.92 Å². The van der Waals surface area contributed by atoms with Crippen LogP contribution in [0.25, 0.3) is 11.1 Å². The zero-order valence-electron chi connectivity index (χ0n) is 10.6. The van der Waals surface area contributed by atoms with Gasteiger partial charge in [0.05, 0.1) is 11.3 Å². The van der Waals surface area contributed by atoms with Gasteiger partial charge in [0.1, 0.15) is 0 Å². The van der Waals surface area contributed by atoms with Crippen molar-refractivity contribution in [3.05, 3.63) is 41.7 Å². The summed E-state index contributed by atoms with van der Waals surface area (Å²) in [6.07, 6.45) is 3.00. The van der Waals surface area contributed by atoms with Crippen LogP contribution in [0.3, 0.4) is 0 Å². The SMILES string of the molecule is CCCn1cc(-c2cccc(C(=O)O)c2)c(C)n1. The Morgan fingerprint density at radius 1 is 1.44 bits per heavy atom. The summed E-state index contributed by atoms with van der Waals surface area (Å²) in [7, 11) is 0. The van der Waals surface area contributed by atoms with Crippen molar-refractivity contribution in [2.24, 2.45) is 0 Å². The fourth-order valence-corrected chi connectivity index (χ4v) is 1.96. The predicted molar refractivity (Wildman–Crippen MR) is 69.7 cm³/mol. The van der Waals surface area contributed by atoms with Crippen LogP contribution in [0.1, 0.15) is 29.4 Å². The molecule has 4 heteroatoms. The molecular formula is C14H16N2O2. The highest BCUT2D eigenvalue weighted by Crippen LogP contribution is 2.23. The number of aromatic nitrogens is 2. The van der Waals surface area contributed by atoms with Crippen LogP contribution in [0.5, 0.6) is 0 Å². The van der Waals surface area contributed by atoms with Gasteiger partial charge in [-0.05, 0) is 31.0 Å². The van der Waals surface area contributed by atoms with Crippen molar-refractivity contribution in [2.45, 2.75) is 26.8 Å². The van der Waals surface area contributed by atoms with Crippen molar-refractivity contribution in [3.8, 4) is 11.1 Å². The van der Waals surface area contributed by atoms with Crippen LogP contribution in [-0.2, 0) is 6.54 Å². The number of nitrogens with zero attached hydrogens (tertiary/aromatic N) is 2. The molecule has 2 aromatic rings. The summed E-state index contributed by atoms with van der Waals surface area (Å²) in [5, 5.41) is 13.4. The first-order valence-corrected chi connectivity index (χ1v) is 5.99. The molecule has 0 aliphatic carbocycles. The third-order valence-electron chi connectivity index (χ3n) is 2.82. The molecule has 0 radical (unpaired) electrons. The Hall–Kier alpha value is -2.10. The van der Waals surface area contributed by atoms with E-state index < -0.39 is 5.97 Å². The molecule has 0 fully saturated rings. The molecule has 0 bridgehead atoms. The fourth-order valence-electron chi connectivity index (χ4n) is 1.96. The number of rotatable bonds is 4. The van der Waals surface area contributed by atoms with Gasteiger partial charge in [0.25, 0.3) is 0 Å². The van der Waals surface area contributed by atoms with Gasteiger partial charge in [0.2, 0.25) is 0 Å². The molecule has 4 nitrogen and oxygen atoms in total. The van der Waals surface area contributed by atoms with E-state index in [2.05, 4.69) is 12.0 Å². The van der Waals surface area contributed by atoms with E-state index in [9.17, 15) is 4.79 Å². The van der Waals surface area contributed by atoms with E-state index in [1.165, 1.54) is 0 Å². The lowest BCUT2D eigenvalue weighted by molar-refractivity contribution is 0.0697. The van der Waals surface area contributed by atoms with E-state index in [4.69, 9.17) is 5.11 Å². The van der Waals surface area contributed by atoms with Gasteiger partial charge in [-0.3, -0.25) is 4.68 Å². The summed E-state index contributed by atoms with van der Waals surface area (Å²) in [5.74, 6) is -0.907. The van der Waals surface area contributed by atoms with Crippen molar-refractivity contribution in [2.75, 3.05) is 0 Å². The lowest BCUT2D eigenvalue weighted by atomic mass is 10.0. The van der Waals surface area contributed by atoms with Gasteiger partial charge < -0.3 is 5.11 Å². The number of carbonyl (C=O) groups is 1. The van der Waals surface area contributed by atoms with E-state index in [1.807, 2.05) is 23.9 Å². The van der Waals surface area contributed by atoms with Crippen LogP contribution in [0.4, 0.5) is 0 Å². The Kier molecular flexibility index (Phi) is 3.46. The summed E-state index contributed by atoms with van der Waals surface area (Å²) >= 11 is 0. The van der Waals surface area contributed by atoms with Gasteiger partial charge in [-0.2, -0.15) is 5.10 Å². The molecule has 0 aliphatic rings. The normalized spacial score (nSPS) is 10.6. The molecule has 1 heterocycles. The first-order chi connectivity index (χ1) is 8.61. The molecule has 0 atom stereocenters. The lowest BCUT2D eigenvalue weighted by Gasteiger charge is -2.00. The van der Waals surface area contributed by atoms with Crippen LogP contribution >= 0.6 is 0 Å². The largest absolute Gasteiger partial charge is 0.478 e. The number of benzene rings is 1. The monoisotopic (exact) mass is 244 g/mol. The molecular weight excluding hydrogens is 228 g/mol. The topological polar surface area (TPSA) is 55.1 Å². The van der Waals surface area contributed by atoms with Crippen molar-refractivity contribution in [3.63, 3.8) is 0 Å². The zero-order chi connectivity index (χ0) is 13.1. The average molecular weight is 244 g/mol. The third kappa shape index (κ3) is 2.42. The van der Waals surface area contributed by atoms with Crippen LogP contribution in [-0.4, -0.2) is 20.9 Å². The number of carboxylic acids is 1. The summed E-state index contributed by atoms with van der Waals surface area (Å²) in [4.78, 5) is 11.0. The minimum Gasteiger partial charge on any atom is -0.478 e. The standard InChI is InChI=1S/C14H16N2O2/c1-3-7-16-9-13(10(2)15-16)11-5-4-6-12(8-11)14(17)18/h4-6,8-9H,3,7H2,1-2H3,(H,17,18). The molecule has 2 rings (SSSR count). The van der Waals surface area contributed by atoms with Gasteiger partial charge >= 0.3 is 5.97 Å². The highest BCUT2D eigenvalue weighted by atomic mass is 16.4. The van der Waals surface area contributed by atoms with Crippen LogP contribution in [0.2, 0.25) is 0 Å². The van der Waals surface area contributed by atoms with Crippen molar-refractivity contribution < 1.29 is 9.90 Å². The predicted octanol–water partition coefficient (Wildman–Crippen LogP) is 2.97. The van der Waals surface area contributed by atoms with Gasteiger partial charge in [-0.1, -0.05) is 19.1 Å². The summed E-state index contributed by atoms with van der Waals surface area (Å²) in [6.45, 7) is 4.91. The number of aromatic carboxylic acids is 1. The smallest absolute Gasteiger partial charge is 0.335 e.